The first-order valence-corrected chi connectivity index (χ1v) is 7.88. The summed E-state index contributed by atoms with van der Waals surface area (Å²) >= 11 is 0. The largest absolute Gasteiger partial charge is 0.494 e. The highest BCUT2D eigenvalue weighted by Crippen LogP contribution is 2.34. The molecule has 1 atom stereocenters. The van der Waals surface area contributed by atoms with Crippen molar-refractivity contribution in [3.8, 4) is 17.2 Å². The van der Waals surface area contributed by atoms with Gasteiger partial charge in [-0.2, -0.15) is 0 Å². The number of nitrogens with one attached hydrogen (secondary N) is 2. The Hall–Kier alpha value is -2.80. The number of rotatable bonds is 6. The van der Waals surface area contributed by atoms with Crippen LogP contribution in [0.25, 0.3) is 0 Å². The van der Waals surface area contributed by atoms with Gasteiger partial charge in [0.25, 0.3) is 5.91 Å². The standard InChI is InChI=1S/C18H19FN2O4/c1-21(9-12-3-5-15(23-2)14(19)7-12)10-18(22)20-13-4-6-16-17(8-13)25-11-24-16/h3-8H,9-11H2,1-2H3,(H,20,22)/p+1. The smallest absolute Gasteiger partial charge is 0.279 e. The first-order chi connectivity index (χ1) is 12.0. The molecule has 0 saturated heterocycles. The molecule has 0 aromatic heterocycles. The summed E-state index contributed by atoms with van der Waals surface area (Å²) in [6, 6.07) is 10.1. The lowest BCUT2D eigenvalue weighted by atomic mass is 10.2. The minimum absolute atomic E-state index is 0.134. The van der Waals surface area contributed by atoms with Crippen molar-refractivity contribution in [2.75, 3.05) is 32.8 Å². The van der Waals surface area contributed by atoms with Crippen LogP contribution in [-0.2, 0) is 11.3 Å². The maximum absolute atomic E-state index is 13.7. The zero-order chi connectivity index (χ0) is 17.8. The molecule has 2 N–H and O–H groups in total. The number of ether oxygens (including phenoxy) is 3. The molecule has 0 saturated carbocycles. The predicted octanol–water partition coefficient (Wildman–Crippen LogP) is 1.22. The lowest BCUT2D eigenvalue weighted by Crippen LogP contribution is -3.08. The third-order valence-electron chi connectivity index (χ3n) is 3.84. The van der Waals surface area contributed by atoms with Crippen molar-refractivity contribution in [1.29, 1.82) is 0 Å². The van der Waals surface area contributed by atoms with E-state index in [1.807, 2.05) is 7.05 Å². The summed E-state index contributed by atoms with van der Waals surface area (Å²) in [6.45, 7) is 0.968. The van der Waals surface area contributed by atoms with Crippen molar-refractivity contribution in [3.63, 3.8) is 0 Å². The molecule has 2 aromatic rings. The molecule has 132 valence electrons. The van der Waals surface area contributed by atoms with Gasteiger partial charge in [-0.1, -0.05) is 0 Å². The number of amides is 1. The van der Waals surface area contributed by atoms with E-state index in [-0.39, 0.29) is 25.0 Å². The zero-order valence-corrected chi connectivity index (χ0v) is 14.1. The van der Waals surface area contributed by atoms with Gasteiger partial charge in [0.1, 0.15) is 6.54 Å². The van der Waals surface area contributed by atoms with Crippen molar-refractivity contribution in [2.24, 2.45) is 0 Å². The van der Waals surface area contributed by atoms with Gasteiger partial charge in [-0.25, -0.2) is 4.39 Å². The van der Waals surface area contributed by atoms with Crippen LogP contribution in [-0.4, -0.2) is 33.4 Å². The van der Waals surface area contributed by atoms with E-state index < -0.39 is 5.82 Å². The van der Waals surface area contributed by atoms with Crippen molar-refractivity contribution in [1.82, 2.24) is 0 Å². The van der Waals surface area contributed by atoms with E-state index in [1.165, 1.54) is 13.2 Å². The van der Waals surface area contributed by atoms with Crippen LogP contribution < -0.4 is 24.4 Å². The Morgan fingerprint density at radius 3 is 2.80 bits per heavy atom. The molecule has 1 aliphatic heterocycles. The number of fused-ring (bicyclic) bond motifs is 1. The van der Waals surface area contributed by atoms with E-state index in [0.29, 0.717) is 23.7 Å². The minimum Gasteiger partial charge on any atom is -0.494 e. The summed E-state index contributed by atoms with van der Waals surface area (Å²) < 4.78 is 29.2. The number of carbonyl (C=O) groups is 1. The molecule has 1 amide bonds. The fourth-order valence-electron chi connectivity index (χ4n) is 2.68. The number of likely N-dealkylation sites (N-methyl/N-ethyl adjacent to an activating group) is 1. The maximum atomic E-state index is 13.7. The molecule has 2 aromatic carbocycles. The van der Waals surface area contributed by atoms with Crippen molar-refractivity contribution >= 4 is 11.6 Å². The van der Waals surface area contributed by atoms with Crippen LogP contribution in [0.15, 0.2) is 36.4 Å². The van der Waals surface area contributed by atoms with Gasteiger partial charge in [-0.3, -0.25) is 4.79 Å². The van der Waals surface area contributed by atoms with E-state index in [2.05, 4.69) is 5.32 Å². The Bertz CT molecular complexity index is 782. The predicted molar refractivity (Wildman–Crippen MR) is 89.6 cm³/mol. The van der Waals surface area contributed by atoms with Gasteiger partial charge in [0.15, 0.2) is 29.6 Å². The van der Waals surface area contributed by atoms with Crippen LogP contribution >= 0.6 is 0 Å². The number of carbonyl (C=O) groups excluding carboxylic acids is 1. The highest BCUT2D eigenvalue weighted by Gasteiger charge is 2.16. The molecule has 0 spiro atoms. The summed E-state index contributed by atoms with van der Waals surface area (Å²) in [5.74, 6) is 0.958. The first-order valence-electron chi connectivity index (χ1n) is 7.88. The lowest BCUT2D eigenvalue weighted by Gasteiger charge is -2.14. The quantitative estimate of drug-likeness (QED) is 0.825. The monoisotopic (exact) mass is 347 g/mol. The topological polar surface area (TPSA) is 61.2 Å². The second kappa shape index (κ2) is 7.40. The summed E-state index contributed by atoms with van der Waals surface area (Å²) in [5.41, 5.74) is 1.45. The third-order valence-corrected chi connectivity index (χ3v) is 3.84. The molecule has 0 aliphatic carbocycles. The average molecular weight is 347 g/mol. The number of hydrogen-bond donors (Lipinski definition) is 2. The normalized spacial score (nSPS) is 13.4. The van der Waals surface area contributed by atoms with Gasteiger partial charge in [0.2, 0.25) is 6.79 Å². The fraction of sp³-hybridized carbons (Fsp3) is 0.278. The number of methoxy groups -OCH3 is 1. The van der Waals surface area contributed by atoms with Crippen LogP contribution in [0.1, 0.15) is 5.56 Å². The van der Waals surface area contributed by atoms with Crippen LogP contribution in [0.4, 0.5) is 10.1 Å². The van der Waals surface area contributed by atoms with Gasteiger partial charge >= 0.3 is 0 Å². The van der Waals surface area contributed by atoms with Crippen LogP contribution in [0.5, 0.6) is 17.2 Å². The van der Waals surface area contributed by atoms with Gasteiger partial charge in [-0.15, -0.1) is 0 Å². The SMILES string of the molecule is COc1ccc(C[NH+](C)CC(=O)Nc2ccc3c(c2)OCO3)cc1F. The Morgan fingerprint density at radius 2 is 2.04 bits per heavy atom. The van der Waals surface area contributed by atoms with E-state index >= 15 is 0 Å². The number of benzene rings is 2. The molecule has 25 heavy (non-hydrogen) atoms. The summed E-state index contributed by atoms with van der Waals surface area (Å²) in [7, 11) is 3.30. The Kier molecular flexibility index (Phi) is 5.04. The summed E-state index contributed by atoms with van der Waals surface area (Å²) in [4.78, 5) is 13.1. The Morgan fingerprint density at radius 1 is 1.24 bits per heavy atom. The molecular formula is C18H20FN2O4+. The van der Waals surface area contributed by atoms with Crippen molar-refractivity contribution < 1.29 is 28.3 Å². The molecule has 1 heterocycles. The first kappa shape index (κ1) is 17.0. The second-order valence-electron chi connectivity index (χ2n) is 5.90. The molecule has 0 radical (unpaired) electrons. The van der Waals surface area contributed by atoms with Crippen molar-refractivity contribution in [2.45, 2.75) is 6.54 Å². The van der Waals surface area contributed by atoms with Crippen LogP contribution in [0.3, 0.4) is 0 Å². The van der Waals surface area contributed by atoms with Crippen LogP contribution in [0.2, 0.25) is 0 Å². The van der Waals surface area contributed by atoms with E-state index in [0.717, 1.165) is 10.5 Å². The van der Waals surface area contributed by atoms with Gasteiger partial charge in [0, 0.05) is 17.3 Å². The second-order valence-corrected chi connectivity index (χ2v) is 5.90. The number of halogens is 1. The highest BCUT2D eigenvalue weighted by atomic mass is 19.1. The molecule has 1 aliphatic rings. The fourth-order valence-corrected chi connectivity index (χ4v) is 2.68. The van der Waals surface area contributed by atoms with Gasteiger partial charge < -0.3 is 24.4 Å². The van der Waals surface area contributed by atoms with Gasteiger partial charge in [-0.05, 0) is 30.3 Å². The van der Waals surface area contributed by atoms with E-state index in [4.69, 9.17) is 14.2 Å². The Labute approximate surface area is 145 Å². The van der Waals surface area contributed by atoms with Crippen LogP contribution in [0, 0.1) is 5.82 Å². The molecular weight excluding hydrogens is 327 g/mol. The molecule has 3 rings (SSSR count). The average Bonchev–Trinajstić information content (AvgIpc) is 3.02. The van der Waals surface area contributed by atoms with Crippen molar-refractivity contribution in [3.05, 3.63) is 47.8 Å². The summed E-state index contributed by atoms with van der Waals surface area (Å²) in [6.07, 6.45) is 0. The molecule has 0 fully saturated rings. The molecule has 1 unspecified atom stereocenters. The molecule has 0 bridgehead atoms. The lowest BCUT2D eigenvalue weighted by molar-refractivity contribution is -0.885. The Balaban J connectivity index is 1.54. The third kappa shape index (κ3) is 4.19. The van der Waals surface area contributed by atoms with E-state index in [9.17, 15) is 9.18 Å². The number of anilines is 1. The summed E-state index contributed by atoms with van der Waals surface area (Å²) in [5, 5.41) is 2.83. The molecule has 6 nitrogen and oxygen atoms in total. The number of quaternary nitrogens is 1. The minimum atomic E-state index is -0.405. The highest BCUT2D eigenvalue weighted by molar-refractivity contribution is 5.91. The maximum Gasteiger partial charge on any atom is 0.279 e. The number of hydrogen-bond acceptors (Lipinski definition) is 4. The van der Waals surface area contributed by atoms with E-state index in [1.54, 1.807) is 30.3 Å². The van der Waals surface area contributed by atoms with Gasteiger partial charge in [0.05, 0.1) is 14.2 Å². The zero-order valence-electron chi connectivity index (χ0n) is 14.1. The molecule has 7 heteroatoms.